The second-order valence-electron chi connectivity index (χ2n) is 5.15. The predicted octanol–water partition coefficient (Wildman–Crippen LogP) is 3.12. The van der Waals surface area contributed by atoms with E-state index in [9.17, 15) is 27.0 Å². The van der Waals surface area contributed by atoms with Gasteiger partial charge in [0.2, 0.25) is 0 Å². The van der Waals surface area contributed by atoms with E-state index in [0.717, 1.165) is 12.1 Å². The number of carbonyl (C=O) groups excluding carboxylic acids is 2. The van der Waals surface area contributed by atoms with Crippen LogP contribution >= 0.6 is 0 Å². The van der Waals surface area contributed by atoms with Crippen molar-refractivity contribution in [3.05, 3.63) is 54.1 Å². The molecule has 0 radical (unpaired) electrons. The Morgan fingerprint density at radius 1 is 1.07 bits per heavy atom. The van der Waals surface area contributed by atoms with E-state index >= 15 is 0 Å². The smallest absolute Gasteiger partial charge is 0.452 e. The monoisotopic (exact) mass is 401 g/mol. The maximum Gasteiger partial charge on any atom is 0.573 e. The highest BCUT2D eigenvalue weighted by atomic mass is 32.2. The van der Waals surface area contributed by atoms with E-state index in [4.69, 9.17) is 4.74 Å². The highest BCUT2D eigenvalue weighted by Gasteiger charge is 2.31. The molecule has 0 bridgehead atoms. The third kappa shape index (κ3) is 6.41. The van der Waals surface area contributed by atoms with Crippen LogP contribution in [0.4, 0.5) is 18.9 Å². The van der Waals surface area contributed by atoms with Gasteiger partial charge in [-0.3, -0.25) is 9.00 Å². The maximum absolute atomic E-state index is 12.1. The zero-order valence-electron chi connectivity index (χ0n) is 13.9. The second kappa shape index (κ2) is 8.67. The first-order valence-electron chi connectivity index (χ1n) is 7.41. The van der Waals surface area contributed by atoms with Gasteiger partial charge in [0.1, 0.15) is 5.75 Å². The number of hydrogen-bond donors (Lipinski definition) is 1. The molecular weight excluding hydrogens is 387 g/mol. The molecule has 0 unspecified atom stereocenters. The lowest BCUT2D eigenvalue weighted by Crippen LogP contribution is -2.21. The van der Waals surface area contributed by atoms with Crippen molar-refractivity contribution < 1.29 is 36.4 Å². The predicted molar refractivity (Wildman–Crippen MR) is 90.8 cm³/mol. The quantitative estimate of drug-likeness (QED) is 0.753. The van der Waals surface area contributed by atoms with Crippen LogP contribution in [0.2, 0.25) is 0 Å². The molecule has 1 atom stereocenters. The number of carbonyl (C=O) groups is 2. The molecule has 0 heterocycles. The van der Waals surface area contributed by atoms with E-state index in [0.29, 0.717) is 0 Å². The van der Waals surface area contributed by atoms with Crippen molar-refractivity contribution in [1.29, 1.82) is 0 Å². The molecule has 0 aliphatic carbocycles. The Kier molecular flexibility index (Phi) is 6.56. The molecule has 6 nitrogen and oxygen atoms in total. The summed E-state index contributed by atoms with van der Waals surface area (Å²) in [5.41, 5.74) is 0.278. The van der Waals surface area contributed by atoms with Crippen LogP contribution in [0.3, 0.4) is 0 Å². The Balaban J connectivity index is 1.91. The Morgan fingerprint density at radius 2 is 1.70 bits per heavy atom. The average molecular weight is 401 g/mol. The van der Waals surface area contributed by atoms with Gasteiger partial charge in [0.15, 0.2) is 6.61 Å². The molecule has 0 fully saturated rings. The number of nitrogens with one attached hydrogen (secondary N) is 1. The van der Waals surface area contributed by atoms with Gasteiger partial charge in [-0.25, -0.2) is 4.79 Å². The number of alkyl halides is 3. The van der Waals surface area contributed by atoms with Gasteiger partial charge in [-0.15, -0.1) is 13.2 Å². The van der Waals surface area contributed by atoms with Crippen molar-refractivity contribution in [2.24, 2.45) is 0 Å². The topological polar surface area (TPSA) is 81.7 Å². The number of amides is 1. The molecule has 144 valence electrons. The number of halogens is 3. The van der Waals surface area contributed by atoms with E-state index < -0.39 is 41.4 Å². The van der Waals surface area contributed by atoms with Crippen LogP contribution in [-0.4, -0.2) is 35.3 Å². The fourth-order valence-electron chi connectivity index (χ4n) is 2.03. The van der Waals surface area contributed by atoms with Gasteiger partial charge in [0.05, 0.1) is 21.3 Å². The SMILES string of the molecule is C[S@](=O)c1ccccc1C(=O)OCC(=O)Nc1ccc(OC(F)(F)F)cc1. The first-order chi connectivity index (χ1) is 12.7. The van der Waals surface area contributed by atoms with Gasteiger partial charge < -0.3 is 14.8 Å². The van der Waals surface area contributed by atoms with Crippen molar-refractivity contribution in [2.75, 3.05) is 18.2 Å². The average Bonchev–Trinajstić information content (AvgIpc) is 2.60. The highest BCUT2D eigenvalue weighted by Crippen LogP contribution is 2.24. The summed E-state index contributed by atoms with van der Waals surface area (Å²) in [6.07, 6.45) is -3.40. The number of anilines is 1. The maximum atomic E-state index is 12.1. The van der Waals surface area contributed by atoms with E-state index in [-0.39, 0.29) is 16.1 Å². The van der Waals surface area contributed by atoms with Crippen LogP contribution in [-0.2, 0) is 20.3 Å². The largest absolute Gasteiger partial charge is 0.573 e. The zero-order chi connectivity index (χ0) is 20.0. The van der Waals surface area contributed by atoms with Gasteiger partial charge in [-0.2, -0.15) is 0 Å². The molecule has 2 aromatic carbocycles. The number of rotatable bonds is 6. The molecule has 0 saturated heterocycles. The fourth-order valence-corrected chi connectivity index (χ4v) is 2.76. The molecule has 0 saturated carbocycles. The lowest BCUT2D eigenvalue weighted by molar-refractivity contribution is -0.274. The van der Waals surface area contributed by atoms with Crippen molar-refractivity contribution in [3.8, 4) is 5.75 Å². The summed E-state index contributed by atoms with van der Waals surface area (Å²) in [6.45, 7) is -0.621. The van der Waals surface area contributed by atoms with Crippen LogP contribution in [0.1, 0.15) is 10.4 Å². The van der Waals surface area contributed by atoms with Gasteiger partial charge in [0, 0.05) is 11.9 Å². The van der Waals surface area contributed by atoms with Crippen molar-refractivity contribution >= 4 is 28.4 Å². The Morgan fingerprint density at radius 3 is 2.30 bits per heavy atom. The van der Waals surface area contributed by atoms with Crippen LogP contribution in [0.15, 0.2) is 53.4 Å². The Bertz CT molecular complexity index is 852. The third-order valence-electron chi connectivity index (χ3n) is 3.12. The minimum absolute atomic E-state index is 0.0831. The standard InChI is InChI=1S/C17H14F3NO5S/c1-27(24)14-5-3-2-4-13(14)16(23)25-10-15(22)21-11-6-8-12(9-7-11)26-17(18,19)20/h2-9H,10H2,1H3,(H,21,22)/t27-/m0/s1. The van der Waals surface area contributed by atoms with Crippen molar-refractivity contribution in [1.82, 2.24) is 0 Å². The summed E-state index contributed by atoms with van der Waals surface area (Å²) in [7, 11) is -1.41. The lowest BCUT2D eigenvalue weighted by atomic mass is 10.2. The molecule has 2 aromatic rings. The normalized spacial score (nSPS) is 12.1. The molecule has 0 aliphatic heterocycles. The van der Waals surface area contributed by atoms with Crippen LogP contribution in [0.25, 0.3) is 0 Å². The van der Waals surface area contributed by atoms with Crippen molar-refractivity contribution in [2.45, 2.75) is 11.3 Å². The van der Waals surface area contributed by atoms with Gasteiger partial charge in [-0.1, -0.05) is 12.1 Å². The first kappa shape index (κ1) is 20.4. The molecule has 27 heavy (non-hydrogen) atoms. The van der Waals surface area contributed by atoms with E-state index in [2.05, 4.69) is 10.1 Å². The van der Waals surface area contributed by atoms with Gasteiger partial charge >= 0.3 is 12.3 Å². The summed E-state index contributed by atoms with van der Waals surface area (Å²) in [6, 6.07) is 10.6. The third-order valence-corrected chi connectivity index (χ3v) is 4.10. The summed E-state index contributed by atoms with van der Waals surface area (Å²) < 4.78 is 56.5. The van der Waals surface area contributed by atoms with Crippen LogP contribution < -0.4 is 10.1 Å². The van der Waals surface area contributed by atoms with E-state index in [1.807, 2.05) is 0 Å². The second-order valence-corrected chi connectivity index (χ2v) is 6.49. The van der Waals surface area contributed by atoms with Crippen LogP contribution in [0, 0.1) is 0 Å². The van der Waals surface area contributed by atoms with Gasteiger partial charge in [-0.05, 0) is 36.4 Å². The summed E-state index contributed by atoms with van der Waals surface area (Å²) in [5.74, 6) is -1.94. The lowest BCUT2D eigenvalue weighted by Gasteiger charge is -2.10. The van der Waals surface area contributed by atoms with E-state index in [1.165, 1.54) is 30.5 Å². The Hall–Kier alpha value is -2.88. The summed E-state index contributed by atoms with van der Waals surface area (Å²) in [4.78, 5) is 24.1. The first-order valence-corrected chi connectivity index (χ1v) is 8.97. The minimum atomic E-state index is -4.81. The molecule has 1 N–H and O–H groups in total. The Labute approximate surface area is 154 Å². The summed E-state index contributed by atoms with van der Waals surface area (Å²) >= 11 is 0. The number of ether oxygens (including phenoxy) is 2. The summed E-state index contributed by atoms with van der Waals surface area (Å²) in [5, 5.41) is 2.36. The van der Waals surface area contributed by atoms with E-state index in [1.54, 1.807) is 12.1 Å². The molecule has 2 rings (SSSR count). The number of benzene rings is 2. The molecular formula is C17H14F3NO5S. The van der Waals surface area contributed by atoms with Crippen molar-refractivity contribution in [3.63, 3.8) is 0 Å². The van der Waals surface area contributed by atoms with Gasteiger partial charge in [0.25, 0.3) is 5.91 Å². The van der Waals surface area contributed by atoms with Crippen LogP contribution in [0.5, 0.6) is 5.75 Å². The fraction of sp³-hybridized carbons (Fsp3) is 0.176. The minimum Gasteiger partial charge on any atom is -0.452 e. The molecule has 10 heteroatoms. The zero-order valence-corrected chi connectivity index (χ0v) is 14.7. The molecule has 1 amide bonds. The highest BCUT2D eigenvalue weighted by molar-refractivity contribution is 7.84. The molecule has 0 aliphatic rings. The number of hydrogen-bond acceptors (Lipinski definition) is 5. The molecule has 0 aromatic heterocycles. The molecule has 0 spiro atoms. The number of esters is 1.